The van der Waals surface area contributed by atoms with Crippen LogP contribution in [0.5, 0.6) is 0 Å². The van der Waals surface area contributed by atoms with Crippen molar-refractivity contribution in [3.63, 3.8) is 0 Å². The minimum atomic E-state index is -0.769. The molecule has 0 bridgehead atoms. The van der Waals surface area contributed by atoms with Crippen molar-refractivity contribution in [2.45, 2.75) is 45.6 Å². The van der Waals surface area contributed by atoms with Crippen LogP contribution in [0.1, 0.15) is 52.6 Å². The highest BCUT2D eigenvalue weighted by Crippen LogP contribution is 2.30. The Balaban J connectivity index is 2.15. The molecule has 1 N–H and O–H groups in total. The molecule has 19 heavy (non-hydrogen) atoms. The van der Waals surface area contributed by atoms with Gasteiger partial charge in [-0.2, -0.15) is 0 Å². The van der Waals surface area contributed by atoms with Crippen molar-refractivity contribution in [1.82, 2.24) is 9.88 Å². The Morgan fingerprint density at radius 3 is 2.68 bits per heavy atom. The van der Waals surface area contributed by atoms with E-state index in [4.69, 9.17) is 4.98 Å². The highest BCUT2D eigenvalue weighted by atomic mass is 16.4. The number of hydrogen-bond acceptors (Lipinski definition) is 3. The van der Waals surface area contributed by atoms with E-state index < -0.39 is 5.97 Å². The molecule has 1 aliphatic heterocycles. The zero-order chi connectivity index (χ0) is 13.4. The van der Waals surface area contributed by atoms with E-state index in [0.29, 0.717) is 5.56 Å². The molecule has 0 saturated heterocycles. The number of hydrogen-bond donors (Lipinski definition) is 1. The molecule has 4 nitrogen and oxygen atoms in total. The number of pyridine rings is 1. The molecule has 0 saturated carbocycles. The van der Waals surface area contributed by atoms with Crippen LogP contribution >= 0.6 is 0 Å². The van der Waals surface area contributed by atoms with Gasteiger partial charge in [0.05, 0.1) is 5.56 Å². The first kappa shape index (κ1) is 12.6. The lowest BCUT2D eigenvalue weighted by Gasteiger charge is -2.30. The minimum absolute atomic E-state index is 0.567. The summed E-state index contributed by atoms with van der Waals surface area (Å²) >= 11 is 0. The molecule has 1 aromatic heterocycles. The molecule has 0 radical (unpaired) electrons. The van der Waals surface area contributed by atoms with Gasteiger partial charge in [0.2, 0.25) is 0 Å². The molecule has 0 spiro atoms. The van der Waals surface area contributed by atoms with Crippen molar-refractivity contribution in [3.8, 4) is 0 Å². The standard InChI is InChI=1S/C15H20N2O2/c1-2-17-8-7-13-11(9-17)14(15(18)19)10-5-3-4-6-12(10)16-13/h2-9H2,1H3,(H,18,19). The average Bonchev–Trinajstić information content (AvgIpc) is 2.43. The molecular formula is C15H20N2O2. The number of likely N-dealkylation sites (N-methyl/N-ethyl adjacent to an activating group) is 1. The van der Waals surface area contributed by atoms with Gasteiger partial charge in [0.15, 0.2) is 0 Å². The molecule has 0 aromatic carbocycles. The van der Waals surface area contributed by atoms with Crippen molar-refractivity contribution in [1.29, 1.82) is 0 Å². The molecule has 2 aliphatic rings. The second kappa shape index (κ2) is 4.93. The third kappa shape index (κ3) is 2.14. The van der Waals surface area contributed by atoms with Crippen LogP contribution in [0.25, 0.3) is 0 Å². The number of carboxylic acids is 1. The van der Waals surface area contributed by atoms with E-state index in [1.807, 2.05) is 0 Å². The van der Waals surface area contributed by atoms with Gasteiger partial charge in [0.1, 0.15) is 0 Å². The van der Waals surface area contributed by atoms with Gasteiger partial charge in [-0.3, -0.25) is 9.88 Å². The van der Waals surface area contributed by atoms with Gasteiger partial charge < -0.3 is 5.11 Å². The summed E-state index contributed by atoms with van der Waals surface area (Å²) in [6, 6.07) is 0. The van der Waals surface area contributed by atoms with Crippen LogP contribution in [0.15, 0.2) is 0 Å². The Bertz CT molecular complexity index is 525. The van der Waals surface area contributed by atoms with Crippen LogP contribution in [0.2, 0.25) is 0 Å². The van der Waals surface area contributed by atoms with Gasteiger partial charge in [-0.15, -0.1) is 0 Å². The highest BCUT2D eigenvalue weighted by Gasteiger charge is 2.28. The number of aromatic nitrogens is 1. The minimum Gasteiger partial charge on any atom is -0.478 e. The molecule has 2 heterocycles. The summed E-state index contributed by atoms with van der Waals surface area (Å²) in [4.78, 5) is 18.8. The number of carbonyl (C=O) groups is 1. The molecule has 0 unspecified atom stereocenters. The summed E-state index contributed by atoms with van der Waals surface area (Å²) < 4.78 is 0. The Hall–Kier alpha value is -1.42. The normalized spacial score (nSPS) is 18.8. The van der Waals surface area contributed by atoms with Crippen LogP contribution < -0.4 is 0 Å². The predicted octanol–water partition coefficient (Wildman–Crippen LogP) is 2.04. The van der Waals surface area contributed by atoms with E-state index in [-0.39, 0.29) is 0 Å². The number of aryl methyl sites for hydroxylation is 1. The largest absolute Gasteiger partial charge is 0.478 e. The van der Waals surface area contributed by atoms with Gasteiger partial charge >= 0.3 is 5.97 Å². The summed E-state index contributed by atoms with van der Waals surface area (Å²) in [6.07, 6.45) is 4.94. The second-order valence-electron chi connectivity index (χ2n) is 5.47. The first-order valence-corrected chi connectivity index (χ1v) is 7.19. The number of carboxylic acid groups (broad SMARTS) is 1. The zero-order valence-corrected chi connectivity index (χ0v) is 11.4. The third-order valence-corrected chi connectivity index (χ3v) is 4.37. The molecule has 3 rings (SSSR count). The maximum absolute atomic E-state index is 11.7. The van der Waals surface area contributed by atoms with Crippen molar-refractivity contribution in [2.24, 2.45) is 0 Å². The summed E-state index contributed by atoms with van der Waals surface area (Å²) in [7, 11) is 0. The fourth-order valence-corrected chi connectivity index (χ4v) is 3.31. The molecule has 4 heteroatoms. The van der Waals surface area contributed by atoms with Crippen LogP contribution in [-0.2, 0) is 25.8 Å². The van der Waals surface area contributed by atoms with Crippen LogP contribution in [-0.4, -0.2) is 34.0 Å². The number of nitrogens with zero attached hydrogens (tertiary/aromatic N) is 2. The van der Waals surface area contributed by atoms with Gasteiger partial charge in [-0.05, 0) is 37.8 Å². The maximum Gasteiger partial charge on any atom is 0.336 e. The van der Waals surface area contributed by atoms with Crippen molar-refractivity contribution in [3.05, 3.63) is 28.1 Å². The first-order valence-electron chi connectivity index (χ1n) is 7.19. The maximum atomic E-state index is 11.7. The quantitative estimate of drug-likeness (QED) is 0.884. The lowest BCUT2D eigenvalue weighted by molar-refractivity contribution is 0.0691. The molecule has 0 atom stereocenters. The Kier molecular flexibility index (Phi) is 3.27. The fraction of sp³-hybridized carbons (Fsp3) is 0.600. The monoisotopic (exact) mass is 260 g/mol. The number of aromatic carboxylic acids is 1. The van der Waals surface area contributed by atoms with E-state index in [1.54, 1.807) is 0 Å². The lowest BCUT2D eigenvalue weighted by atomic mass is 9.87. The SMILES string of the molecule is CCN1CCc2nc3c(c(C(=O)O)c2C1)CCCC3. The van der Waals surface area contributed by atoms with Crippen molar-refractivity contribution < 1.29 is 9.90 Å². The van der Waals surface area contributed by atoms with Crippen molar-refractivity contribution in [2.75, 3.05) is 13.1 Å². The van der Waals surface area contributed by atoms with Gasteiger partial charge in [0, 0.05) is 36.5 Å². The summed E-state index contributed by atoms with van der Waals surface area (Å²) in [6.45, 7) is 4.83. The van der Waals surface area contributed by atoms with E-state index in [1.165, 1.54) is 0 Å². The summed E-state index contributed by atoms with van der Waals surface area (Å²) in [5, 5.41) is 9.61. The van der Waals surface area contributed by atoms with Crippen LogP contribution in [0, 0.1) is 0 Å². The number of rotatable bonds is 2. The van der Waals surface area contributed by atoms with Crippen LogP contribution in [0.4, 0.5) is 0 Å². The molecule has 1 aliphatic carbocycles. The topological polar surface area (TPSA) is 53.4 Å². The smallest absolute Gasteiger partial charge is 0.336 e. The first-order chi connectivity index (χ1) is 9.20. The summed E-state index contributed by atoms with van der Waals surface area (Å²) in [5.74, 6) is -0.769. The van der Waals surface area contributed by atoms with E-state index in [9.17, 15) is 9.90 Å². The summed E-state index contributed by atoms with van der Waals surface area (Å²) in [5.41, 5.74) is 4.63. The van der Waals surface area contributed by atoms with E-state index in [0.717, 1.165) is 74.3 Å². The zero-order valence-electron chi connectivity index (χ0n) is 11.4. The van der Waals surface area contributed by atoms with Gasteiger partial charge in [0.25, 0.3) is 0 Å². The highest BCUT2D eigenvalue weighted by molar-refractivity contribution is 5.92. The molecule has 102 valence electrons. The molecule has 1 aromatic rings. The van der Waals surface area contributed by atoms with Gasteiger partial charge in [-0.25, -0.2) is 4.79 Å². The number of fused-ring (bicyclic) bond motifs is 2. The average molecular weight is 260 g/mol. The molecule has 0 amide bonds. The lowest BCUT2D eigenvalue weighted by Crippen LogP contribution is -2.33. The van der Waals surface area contributed by atoms with Crippen LogP contribution in [0.3, 0.4) is 0 Å². The second-order valence-corrected chi connectivity index (χ2v) is 5.47. The predicted molar refractivity (Wildman–Crippen MR) is 72.5 cm³/mol. The van der Waals surface area contributed by atoms with Crippen molar-refractivity contribution >= 4 is 5.97 Å². The van der Waals surface area contributed by atoms with E-state index in [2.05, 4.69) is 11.8 Å². The Labute approximate surface area is 113 Å². The Morgan fingerprint density at radius 1 is 1.21 bits per heavy atom. The van der Waals surface area contributed by atoms with Gasteiger partial charge in [-0.1, -0.05) is 6.92 Å². The molecule has 0 fully saturated rings. The fourth-order valence-electron chi connectivity index (χ4n) is 3.31. The third-order valence-electron chi connectivity index (χ3n) is 4.37. The van der Waals surface area contributed by atoms with E-state index >= 15 is 0 Å². The Morgan fingerprint density at radius 2 is 1.95 bits per heavy atom. The molecular weight excluding hydrogens is 240 g/mol.